The Morgan fingerprint density at radius 1 is 1.43 bits per heavy atom. The average molecular weight is 322 g/mol. The minimum atomic E-state index is 0.480. The molecule has 2 rings (SSSR count). The van der Waals surface area contributed by atoms with Crippen molar-refractivity contribution in [3.63, 3.8) is 0 Å². The van der Waals surface area contributed by atoms with E-state index in [1.807, 2.05) is 7.05 Å². The average Bonchev–Trinajstić information content (AvgIpc) is 2.59. The van der Waals surface area contributed by atoms with Crippen LogP contribution in [0.15, 0.2) is 16.6 Å². The highest BCUT2D eigenvalue weighted by Gasteiger charge is 2.23. The molecule has 0 radical (unpaired) electrons. The molecule has 132 valence electrons. The highest BCUT2D eigenvalue weighted by atomic mass is 16.5. The third-order valence-corrected chi connectivity index (χ3v) is 4.90. The summed E-state index contributed by atoms with van der Waals surface area (Å²) in [5.74, 6) is 0.911. The van der Waals surface area contributed by atoms with Crippen molar-refractivity contribution >= 4 is 5.96 Å². The van der Waals surface area contributed by atoms with Crippen molar-refractivity contribution in [2.45, 2.75) is 58.0 Å². The second-order valence-corrected chi connectivity index (χ2v) is 6.75. The van der Waals surface area contributed by atoms with Crippen LogP contribution in [0, 0.1) is 0 Å². The van der Waals surface area contributed by atoms with Gasteiger partial charge >= 0.3 is 0 Å². The fraction of sp³-hybridized carbons (Fsp3) is 0.833. The molecule has 2 atom stereocenters. The SMILES string of the molecule is CN=C(NCCC1=CCCCC1)NCC(C)N1CCOCC1C. The summed E-state index contributed by atoms with van der Waals surface area (Å²) in [5.41, 5.74) is 1.61. The van der Waals surface area contributed by atoms with Crippen molar-refractivity contribution < 1.29 is 4.74 Å². The predicted molar refractivity (Wildman–Crippen MR) is 97.0 cm³/mol. The van der Waals surface area contributed by atoms with E-state index in [0.717, 1.165) is 45.2 Å². The summed E-state index contributed by atoms with van der Waals surface area (Å²) in [6, 6.07) is 0.974. The van der Waals surface area contributed by atoms with Crippen LogP contribution < -0.4 is 10.6 Å². The molecule has 1 saturated heterocycles. The first-order valence-electron chi connectivity index (χ1n) is 9.16. The summed E-state index contributed by atoms with van der Waals surface area (Å²) in [6.45, 7) is 9.09. The molecule has 2 N–H and O–H groups in total. The molecule has 5 heteroatoms. The van der Waals surface area contributed by atoms with Crippen molar-refractivity contribution in [3.05, 3.63) is 11.6 Å². The van der Waals surface area contributed by atoms with E-state index >= 15 is 0 Å². The van der Waals surface area contributed by atoms with E-state index in [9.17, 15) is 0 Å². The van der Waals surface area contributed by atoms with Gasteiger partial charge in [-0.3, -0.25) is 9.89 Å². The Kier molecular flexibility index (Phi) is 7.89. The smallest absolute Gasteiger partial charge is 0.191 e. The fourth-order valence-electron chi connectivity index (χ4n) is 3.45. The second-order valence-electron chi connectivity index (χ2n) is 6.75. The molecular weight excluding hydrogens is 288 g/mol. The molecule has 5 nitrogen and oxygen atoms in total. The van der Waals surface area contributed by atoms with E-state index in [2.05, 4.69) is 40.4 Å². The summed E-state index contributed by atoms with van der Waals surface area (Å²) in [7, 11) is 1.84. The molecule has 0 amide bonds. The molecule has 23 heavy (non-hydrogen) atoms. The van der Waals surface area contributed by atoms with Gasteiger partial charge in [-0.15, -0.1) is 0 Å². The molecule has 2 aliphatic rings. The van der Waals surface area contributed by atoms with Crippen molar-refractivity contribution in [1.29, 1.82) is 0 Å². The highest BCUT2D eigenvalue weighted by molar-refractivity contribution is 5.79. The Morgan fingerprint density at radius 3 is 3.00 bits per heavy atom. The number of morpholine rings is 1. The lowest BCUT2D eigenvalue weighted by atomic mass is 9.97. The van der Waals surface area contributed by atoms with Crippen LogP contribution >= 0.6 is 0 Å². The van der Waals surface area contributed by atoms with E-state index in [1.165, 1.54) is 25.7 Å². The van der Waals surface area contributed by atoms with Gasteiger partial charge in [0.2, 0.25) is 0 Å². The van der Waals surface area contributed by atoms with E-state index in [0.29, 0.717) is 12.1 Å². The quantitative estimate of drug-likeness (QED) is 0.447. The molecule has 0 bridgehead atoms. The molecule has 1 aliphatic heterocycles. The Bertz CT molecular complexity index is 408. The van der Waals surface area contributed by atoms with Crippen LogP contribution in [-0.2, 0) is 4.74 Å². The molecular formula is C18H34N4O. The van der Waals surface area contributed by atoms with Crippen LogP contribution in [0.3, 0.4) is 0 Å². The minimum absolute atomic E-state index is 0.480. The van der Waals surface area contributed by atoms with Gasteiger partial charge in [-0.1, -0.05) is 11.6 Å². The lowest BCUT2D eigenvalue weighted by molar-refractivity contribution is -0.0174. The number of nitrogens with zero attached hydrogens (tertiary/aromatic N) is 2. The third-order valence-electron chi connectivity index (χ3n) is 4.90. The summed E-state index contributed by atoms with van der Waals surface area (Å²) < 4.78 is 5.52. The highest BCUT2D eigenvalue weighted by Crippen LogP contribution is 2.19. The van der Waals surface area contributed by atoms with Gasteiger partial charge in [0.25, 0.3) is 0 Å². The second kappa shape index (κ2) is 9.93. The monoisotopic (exact) mass is 322 g/mol. The molecule has 0 saturated carbocycles. The van der Waals surface area contributed by atoms with Gasteiger partial charge in [-0.05, 0) is 46.0 Å². The minimum Gasteiger partial charge on any atom is -0.379 e. The first-order chi connectivity index (χ1) is 11.2. The first kappa shape index (κ1) is 18.3. The number of rotatable bonds is 6. The van der Waals surface area contributed by atoms with Crippen LogP contribution in [0.1, 0.15) is 46.0 Å². The molecule has 0 aromatic rings. The number of ether oxygens (including phenoxy) is 1. The summed E-state index contributed by atoms with van der Waals surface area (Å²) in [5, 5.41) is 6.90. The van der Waals surface area contributed by atoms with Crippen LogP contribution in [0.4, 0.5) is 0 Å². The maximum Gasteiger partial charge on any atom is 0.191 e. The van der Waals surface area contributed by atoms with Crippen molar-refractivity contribution in [3.8, 4) is 0 Å². The van der Waals surface area contributed by atoms with Gasteiger partial charge < -0.3 is 15.4 Å². The fourth-order valence-corrected chi connectivity index (χ4v) is 3.45. The van der Waals surface area contributed by atoms with Crippen molar-refractivity contribution in [2.75, 3.05) is 39.9 Å². The van der Waals surface area contributed by atoms with Gasteiger partial charge in [-0.2, -0.15) is 0 Å². The molecule has 1 heterocycles. The van der Waals surface area contributed by atoms with E-state index < -0.39 is 0 Å². The van der Waals surface area contributed by atoms with Crippen LogP contribution in [0.5, 0.6) is 0 Å². The number of nitrogens with one attached hydrogen (secondary N) is 2. The molecule has 0 aromatic carbocycles. The zero-order valence-corrected chi connectivity index (χ0v) is 15.1. The molecule has 0 aromatic heterocycles. The molecule has 1 fully saturated rings. The largest absolute Gasteiger partial charge is 0.379 e. The lowest BCUT2D eigenvalue weighted by Gasteiger charge is -2.38. The summed E-state index contributed by atoms with van der Waals surface area (Å²) in [6.07, 6.45) is 8.81. The van der Waals surface area contributed by atoms with E-state index in [-0.39, 0.29) is 0 Å². The number of allylic oxidation sites excluding steroid dienone is 1. The number of hydrogen-bond acceptors (Lipinski definition) is 3. The Morgan fingerprint density at radius 2 is 2.30 bits per heavy atom. The molecule has 1 aliphatic carbocycles. The van der Waals surface area contributed by atoms with Crippen molar-refractivity contribution in [1.82, 2.24) is 15.5 Å². The van der Waals surface area contributed by atoms with Gasteiger partial charge in [0.15, 0.2) is 5.96 Å². The zero-order valence-electron chi connectivity index (χ0n) is 15.1. The third kappa shape index (κ3) is 6.15. The zero-order chi connectivity index (χ0) is 16.5. The van der Waals surface area contributed by atoms with E-state index in [1.54, 1.807) is 5.57 Å². The van der Waals surface area contributed by atoms with E-state index in [4.69, 9.17) is 4.74 Å². The number of hydrogen-bond donors (Lipinski definition) is 2. The normalized spacial score (nSPS) is 24.9. The van der Waals surface area contributed by atoms with Gasteiger partial charge in [0, 0.05) is 38.8 Å². The van der Waals surface area contributed by atoms with Crippen LogP contribution in [-0.4, -0.2) is 62.8 Å². The first-order valence-corrected chi connectivity index (χ1v) is 9.16. The lowest BCUT2D eigenvalue weighted by Crippen LogP contribution is -2.53. The van der Waals surface area contributed by atoms with Gasteiger partial charge in [-0.25, -0.2) is 0 Å². The summed E-state index contributed by atoms with van der Waals surface area (Å²) >= 11 is 0. The topological polar surface area (TPSA) is 48.9 Å². The maximum atomic E-state index is 5.52. The van der Waals surface area contributed by atoms with Gasteiger partial charge in [0.1, 0.15) is 0 Å². The standard InChI is InChI=1S/C18H34N4O/c1-15(22-11-12-23-14-16(22)2)13-21-18(19-3)20-10-9-17-7-5-4-6-8-17/h7,15-16H,4-6,8-14H2,1-3H3,(H2,19,20,21). The summed E-state index contributed by atoms with van der Waals surface area (Å²) in [4.78, 5) is 6.85. The molecule has 2 unspecified atom stereocenters. The Balaban J connectivity index is 1.66. The Labute approximate surface area is 141 Å². The molecule has 0 spiro atoms. The van der Waals surface area contributed by atoms with Gasteiger partial charge in [0.05, 0.1) is 13.2 Å². The number of aliphatic imine (C=N–C) groups is 1. The number of guanidine groups is 1. The predicted octanol–water partition coefficient (Wildman–Crippen LogP) is 2.15. The van der Waals surface area contributed by atoms with Crippen LogP contribution in [0.2, 0.25) is 0 Å². The maximum absolute atomic E-state index is 5.52. The Hall–Kier alpha value is -1.07. The van der Waals surface area contributed by atoms with Crippen LogP contribution in [0.25, 0.3) is 0 Å². The van der Waals surface area contributed by atoms with Crippen molar-refractivity contribution in [2.24, 2.45) is 4.99 Å².